The monoisotopic (exact) mass is 322 g/mol. The van der Waals surface area contributed by atoms with Crippen molar-refractivity contribution in [2.45, 2.75) is 13.3 Å². The van der Waals surface area contributed by atoms with E-state index in [2.05, 4.69) is 79.7 Å². The van der Waals surface area contributed by atoms with E-state index in [0.29, 0.717) is 0 Å². The van der Waals surface area contributed by atoms with Crippen molar-refractivity contribution in [1.82, 2.24) is 0 Å². The summed E-state index contributed by atoms with van der Waals surface area (Å²) in [6, 6.07) is 25.5. The van der Waals surface area contributed by atoms with Gasteiger partial charge in [0.1, 0.15) is 11.3 Å². The molecular weight excluding hydrogens is 304 g/mol. The minimum atomic E-state index is 0.899. The molecule has 0 fully saturated rings. The molecule has 0 atom stereocenters. The highest BCUT2D eigenvalue weighted by molar-refractivity contribution is 5.97. The smallest absolute Gasteiger partial charge is 0.135 e. The van der Waals surface area contributed by atoms with Crippen LogP contribution >= 0.6 is 0 Å². The zero-order chi connectivity index (χ0) is 16.8. The van der Waals surface area contributed by atoms with Gasteiger partial charge in [-0.05, 0) is 46.9 Å². The minimum absolute atomic E-state index is 0.899. The van der Waals surface area contributed by atoms with Gasteiger partial charge >= 0.3 is 0 Å². The van der Waals surface area contributed by atoms with Crippen LogP contribution in [0.15, 0.2) is 77.2 Å². The number of furan rings is 1. The molecule has 0 aliphatic heterocycles. The molecule has 0 bridgehead atoms. The molecule has 120 valence electrons. The molecule has 0 saturated carbocycles. The molecule has 25 heavy (non-hydrogen) atoms. The molecule has 1 heteroatoms. The Kier molecular flexibility index (Phi) is 3.14. The summed E-state index contributed by atoms with van der Waals surface area (Å²) in [6.45, 7) is 2.20. The average Bonchev–Trinajstić information content (AvgIpc) is 2.89. The second-order valence-corrected chi connectivity index (χ2v) is 6.65. The van der Waals surface area contributed by atoms with Crippen molar-refractivity contribution in [3.8, 4) is 0 Å². The van der Waals surface area contributed by atoms with Gasteiger partial charge in [0.25, 0.3) is 0 Å². The Balaban J connectivity index is 1.86. The summed E-state index contributed by atoms with van der Waals surface area (Å²) in [6.07, 6.45) is 3.12. The van der Waals surface area contributed by atoms with Crippen molar-refractivity contribution in [3.05, 3.63) is 106 Å². The summed E-state index contributed by atoms with van der Waals surface area (Å²) in [5.41, 5.74) is 8.73. The van der Waals surface area contributed by atoms with E-state index in [-0.39, 0.29) is 0 Å². The summed E-state index contributed by atoms with van der Waals surface area (Å²) in [7, 11) is 0. The lowest BCUT2D eigenvalue weighted by Crippen LogP contribution is -1.97. The molecule has 1 heterocycles. The number of hydrogen-bond acceptors (Lipinski definition) is 1. The van der Waals surface area contributed by atoms with Gasteiger partial charge in [-0.3, -0.25) is 0 Å². The van der Waals surface area contributed by atoms with E-state index in [0.717, 1.165) is 17.8 Å². The van der Waals surface area contributed by atoms with Gasteiger partial charge in [-0.15, -0.1) is 0 Å². The molecule has 0 spiro atoms. The highest BCUT2D eigenvalue weighted by Gasteiger charge is 2.22. The molecule has 4 aromatic rings. The predicted molar refractivity (Wildman–Crippen MR) is 104 cm³/mol. The fourth-order valence-electron chi connectivity index (χ4n) is 3.92. The Morgan fingerprint density at radius 1 is 0.800 bits per heavy atom. The molecule has 1 aliphatic carbocycles. The SMILES string of the molecule is Cc1cccc2c1C(c1ccccc1)=Cc1oc3ccccc3c1C2. The second-order valence-electron chi connectivity index (χ2n) is 6.65. The molecule has 0 unspecified atom stereocenters. The Labute approximate surface area is 147 Å². The van der Waals surface area contributed by atoms with Gasteiger partial charge in [0.05, 0.1) is 0 Å². The summed E-state index contributed by atoms with van der Waals surface area (Å²) in [5, 5.41) is 1.22. The van der Waals surface area contributed by atoms with Crippen LogP contribution in [-0.2, 0) is 6.42 Å². The molecule has 1 nitrogen and oxygen atoms in total. The predicted octanol–water partition coefficient (Wildman–Crippen LogP) is 6.23. The number of para-hydroxylation sites is 1. The van der Waals surface area contributed by atoms with Crippen molar-refractivity contribution in [2.24, 2.45) is 0 Å². The summed E-state index contributed by atoms with van der Waals surface area (Å²) < 4.78 is 6.22. The maximum Gasteiger partial charge on any atom is 0.135 e. The Morgan fingerprint density at radius 3 is 2.48 bits per heavy atom. The molecule has 0 amide bonds. The summed E-state index contributed by atoms with van der Waals surface area (Å²) in [4.78, 5) is 0. The van der Waals surface area contributed by atoms with Crippen LogP contribution < -0.4 is 0 Å². The van der Waals surface area contributed by atoms with Crippen LogP contribution in [0.25, 0.3) is 22.6 Å². The number of aryl methyl sites for hydroxylation is 1. The number of fused-ring (bicyclic) bond motifs is 4. The Hall–Kier alpha value is -3.06. The number of hydrogen-bond donors (Lipinski definition) is 0. The quantitative estimate of drug-likeness (QED) is 0.356. The first-order chi connectivity index (χ1) is 12.3. The van der Waals surface area contributed by atoms with Crippen LogP contribution in [0, 0.1) is 6.92 Å². The molecule has 1 aromatic heterocycles. The van der Waals surface area contributed by atoms with Gasteiger partial charge in [0, 0.05) is 17.4 Å². The molecule has 0 radical (unpaired) electrons. The lowest BCUT2D eigenvalue weighted by atomic mass is 9.90. The first kappa shape index (κ1) is 14.3. The summed E-state index contributed by atoms with van der Waals surface area (Å²) in [5.74, 6) is 0.982. The normalized spacial score (nSPS) is 13.1. The van der Waals surface area contributed by atoms with E-state index >= 15 is 0 Å². The third-order valence-corrected chi connectivity index (χ3v) is 5.09. The molecular formula is C24H18O. The van der Waals surface area contributed by atoms with E-state index in [1.54, 1.807) is 0 Å². The lowest BCUT2D eigenvalue weighted by Gasteiger charge is -2.14. The van der Waals surface area contributed by atoms with Crippen LogP contribution in [-0.4, -0.2) is 0 Å². The first-order valence-electron chi connectivity index (χ1n) is 8.67. The standard InChI is InChI=1S/C24H18O/c1-16-8-7-11-18-14-21-19-12-5-6-13-22(19)25-23(21)15-20(24(16)18)17-9-3-2-4-10-17/h2-13,15H,14H2,1H3. The molecule has 3 aromatic carbocycles. The highest BCUT2D eigenvalue weighted by atomic mass is 16.3. The maximum absolute atomic E-state index is 6.22. The molecule has 1 aliphatic rings. The number of benzene rings is 3. The van der Waals surface area contributed by atoms with Crippen LogP contribution in [0.2, 0.25) is 0 Å². The third kappa shape index (κ3) is 2.24. The topological polar surface area (TPSA) is 13.1 Å². The van der Waals surface area contributed by atoms with E-state index in [9.17, 15) is 0 Å². The van der Waals surface area contributed by atoms with Gasteiger partial charge < -0.3 is 4.42 Å². The zero-order valence-electron chi connectivity index (χ0n) is 14.1. The van der Waals surface area contributed by atoms with Crippen LogP contribution in [0.1, 0.15) is 33.6 Å². The summed E-state index contributed by atoms with van der Waals surface area (Å²) >= 11 is 0. The van der Waals surface area contributed by atoms with E-state index in [4.69, 9.17) is 4.42 Å². The van der Waals surface area contributed by atoms with Crippen LogP contribution in [0.4, 0.5) is 0 Å². The van der Waals surface area contributed by atoms with Gasteiger partial charge in [0.2, 0.25) is 0 Å². The third-order valence-electron chi connectivity index (χ3n) is 5.09. The van der Waals surface area contributed by atoms with Gasteiger partial charge in [0.15, 0.2) is 0 Å². The largest absolute Gasteiger partial charge is 0.456 e. The van der Waals surface area contributed by atoms with Crippen molar-refractivity contribution in [2.75, 3.05) is 0 Å². The Bertz CT molecular complexity index is 1110. The van der Waals surface area contributed by atoms with E-state index < -0.39 is 0 Å². The maximum atomic E-state index is 6.22. The van der Waals surface area contributed by atoms with Crippen molar-refractivity contribution in [3.63, 3.8) is 0 Å². The molecule has 0 saturated heterocycles. The van der Waals surface area contributed by atoms with Crippen molar-refractivity contribution >= 4 is 22.6 Å². The average molecular weight is 322 g/mol. The first-order valence-corrected chi connectivity index (χ1v) is 8.67. The highest BCUT2D eigenvalue weighted by Crippen LogP contribution is 2.39. The molecule has 0 N–H and O–H groups in total. The van der Waals surface area contributed by atoms with Crippen molar-refractivity contribution in [1.29, 1.82) is 0 Å². The van der Waals surface area contributed by atoms with Gasteiger partial charge in [-0.1, -0.05) is 66.7 Å². The Morgan fingerprint density at radius 2 is 1.60 bits per heavy atom. The fraction of sp³-hybridized carbons (Fsp3) is 0.0833. The number of rotatable bonds is 1. The minimum Gasteiger partial charge on any atom is -0.456 e. The van der Waals surface area contributed by atoms with Gasteiger partial charge in [-0.2, -0.15) is 0 Å². The zero-order valence-corrected chi connectivity index (χ0v) is 14.1. The second kappa shape index (κ2) is 5.49. The van der Waals surface area contributed by atoms with Gasteiger partial charge in [-0.25, -0.2) is 0 Å². The van der Waals surface area contributed by atoms with E-state index in [1.165, 1.54) is 38.8 Å². The fourth-order valence-corrected chi connectivity index (χ4v) is 3.92. The lowest BCUT2D eigenvalue weighted by molar-refractivity contribution is 0.600. The van der Waals surface area contributed by atoms with E-state index in [1.807, 2.05) is 6.07 Å². The van der Waals surface area contributed by atoms with Crippen LogP contribution in [0.3, 0.4) is 0 Å². The van der Waals surface area contributed by atoms with Crippen molar-refractivity contribution < 1.29 is 4.42 Å². The van der Waals surface area contributed by atoms with Crippen LogP contribution in [0.5, 0.6) is 0 Å². The molecule has 5 rings (SSSR count).